The second kappa shape index (κ2) is 7.62. The summed E-state index contributed by atoms with van der Waals surface area (Å²) in [6, 6.07) is 15.8. The molecule has 1 atom stereocenters. The van der Waals surface area contributed by atoms with Gasteiger partial charge in [-0.15, -0.1) is 0 Å². The Morgan fingerprint density at radius 1 is 0.909 bits per heavy atom. The fraction of sp³-hybridized carbons (Fsp3) is 0.269. The number of imide groups is 1. The van der Waals surface area contributed by atoms with E-state index in [4.69, 9.17) is 4.74 Å². The molecule has 166 valence electrons. The molecular weight excluding hydrogens is 418 g/mol. The smallest absolute Gasteiger partial charge is 0.305 e. The van der Waals surface area contributed by atoms with E-state index in [9.17, 15) is 14.4 Å². The number of fused-ring (bicyclic) bond motifs is 12. The fourth-order valence-electron chi connectivity index (χ4n) is 5.31. The predicted molar refractivity (Wildman–Crippen MR) is 123 cm³/mol. The highest BCUT2D eigenvalue weighted by molar-refractivity contribution is 6.34. The van der Waals surface area contributed by atoms with Crippen LogP contribution < -0.4 is 10.2 Å². The number of anilines is 1. The zero-order valence-electron chi connectivity index (χ0n) is 18.0. The molecule has 4 heterocycles. The molecule has 6 rings (SSSR count). The normalized spacial score (nSPS) is 20.8. The van der Waals surface area contributed by atoms with E-state index in [0.717, 1.165) is 27.7 Å². The lowest BCUT2D eigenvalue weighted by Gasteiger charge is -2.21. The van der Waals surface area contributed by atoms with Gasteiger partial charge in [0.2, 0.25) is 0 Å². The van der Waals surface area contributed by atoms with Crippen molar-refractivity contribution in [2.45, 2.75) is 31.6 Å². The van der Waals surface area contributed by atoms with Crippen molar-refractivity contribution in [1.82, 2.24) is 9.88 Å². The number of hydrogen-bond donors (Lipinski definition) is 1. The molecule has 3 aliphatic heterocycles. The highest BCUT2D eigenvalue weighted by atomic mass is 16.5. The minimum absolute atomic E-state index is 0.0631. The lowest BCUT2D eigenvalue weighted by atomic mass is 9.96. The van der Waals surface area contributed by atoms with Crippen molar-refractivity contribution in [2.75, 3.05) is 18.1 Å². The molecule has 0 saturated heterocycles. The summed E-state index contributed by atoms with van der Waals surface area (Å²) in [7, 11) is 0. The number of rotatable bonds is 0. The summed E-state index contributed by atoms with van der Waals surface area (Å²) in [6.07, 6.45) is 4.28. The average molecular weight is 441 g/mol. The van der Waals surface area contributed by atoms with Crippen LogP contribution in [0.4, 0.5) is 5.69 Å². The van der Waals surface area contributed by atoms with Crippen LogP contribution in [0.5, 0.6) is 0 Å². The zero-order chi connectivity index (χ0) is 22.5. The number of cyclic esters (lactones) is 1. The van der Waals surface area contributed by atoms with E-state index in [1.54, 1.807) is 0 Å². The van der Waals surface area contributed by atoms with Crippen LogP contribution in [0.3, 0.4) is 0 Å². The Bertz CT molecular complexity index is 1350. The van der Waals surface area contributed by atoms with Crippen LogP contribution in [0.15, 0.2) is 60.4 Å². The molecule has 4 bridgehead atoms. The molecule has 3 aliphatic rings. The molecule has 0 aliphatic carbocycles. The van der Waals surface area contributed by atoms with Gasteiger partial charge in [-0.1, -0.05) is 36.4 Å². The van der Waals surface area contributed by atoms with Crippen molar-refractivity contribution in [2.24, 2.45) is 0 Å². The SMILES string of the molecule is O=C1CCC2CN(C3=C(C(=O)NC3=O)n3cc(c4ccccc43)CCCO1)c1ccccc12. The highest BCUT2D eigenvalue weighted by Gasteiger charge is 2.41. The van der Waals surface area contributed by atoms with Gasteiger partial charge in [0.15, 0.2) is 0 Å². The van der Waals surface area contributed by atoms with E-state index in [1.165, 1.54) is 0 Å². The van der Waals surface area contributed by atoms with Crippen LogP contribution in [0.2, 0.25) is 0 Å². The number of amides is 2. The Labute approximate surface area is 190 Å². The molecule has 7 nitrogen and oxygen atoms in total. The van der Waals surface area contributed by atoms with Gasteiger partial charge in [0.25, 0.3) is 11.8 Å². The Balaban J connectivity index is 1.59. The van der Waals surface area contributed by atoms with Crippen molar-refractivity contribution in [1.29, 1.82) is 0 Å². The van der Waals surface area contributed by atoms with Gasteiger partial charge in [0.05, 0.1) is 12.1 Å². The van der Waals surface area contributed by atoms with Crippen LogP contribution in [-0.4, -0.2) is 35.5 Å². The Morgan fingerprint density at radius 3 is 2.61 bits per heavy atom. The number of nitrogens with zero attached hydrogens (tertiary/aromatic N) is 2. The molecule has 3 aromatic rings. The average Bonchev–Trinajstić information content (AvgIpc) is 3.45. The number of hydrogen-bond acceptors (Lipinski definition) is 5. The molecule has 0 spiro atoms. The van der Waals surface area contributed by atoms with Gasteiger partial charge in [-0.25, -0.2) is 0 Å². The number of aromatic nitrogens is 1. The molecular formula is C26H23N3O4. The van der Waals surface area contributed by atoms with Crippen LogP contribution in [0.1, 0.15) is 36.3 Å². The maximum Gasteiger partial charge on any atom is 0.305 e. The largest absolute Gasteiger partial charge is 0.466 e. The summed E-state index contributed by atoms with van der Waals surface area (Å²) >= 11 is 0. The lowest BCUT2D eigenvalue weighted by molar-refractivity contribution is -0.144. The van der Waals surface area contributed by atoms with E-state index in [0.29, 0.717) is 50.2 Å². The first kappa shape index (κ1) is 19.8. The second-order valence-electron chi connectivity index (χ2n) is 8.75. The maximum atomic E-state index is 13.1. The first-order chi connectivity index (χ1) is 16.1. The minimum atomic E-state index is -0.397. The molecule has 0 saturated carbocycles. The van der Waals surface area contributed by atoms with Gasteiger partial charge < -0.3 is 14.2 Å². The monoisotopic (exact) mass is 441 g/mol. The predicted octanol–water partition coefficient (Wildman–Crippen LogP) is 3.34. The Kier molecular flexibility index (Phi) is 4.57. The second-order valence-corrected chi connectivity index (χ2v) is 8.75. The summed E-state index contributed by atoms with van der Waals surface area (Å²) in [5, 5.41) is 3.54. The van der Waals surface area contributed by atoms with E-state index in [1.807, 2.05) is 64.2 Å². The van der Waals surface area contributed by atoms with Crippen LogP contribution in [0, 0.1) is 0 Å². The zero-order valence-corrected chi connectivity index (χ0v) is 18.0. The van der Waals surface area contributed by atoms with E-state index in [2.05, 4.69) is 5.32 Å². The summed E-state index contributed by atoms with van der Waals surface area (Å²) in [5.74, 6) is -0.926. The summed E-state index contributed by atoms with van der Waals surface area (Å²) < 4.78 is 7.34. The highest BCUT2D eigenvalue weighted by Crippen LogP contribution is 2.43. The number of esters is 1. The van der Waals surface area contributed by atoms with Crippen LogP contribution in [0.25, 0.3) is 16.6 Å². The number of nitrogens with one attached hydrogen (secondary N) is 1. The van der Waals surface area contributed by atoms with Gasteiger partial charge in [-0.05, 0) is 42.5 Å². The summed E-state index contributed by atoms with van der Waals surface area (Å²) in [4.78, 5) is 40.5. The first-order valence-electron chi connectivity index (χ1n) is 11.3. The van der Waals surface area contributed by atoms with Crippen molar-refractivity contribution < 1.29 is 19.1 Å². The number of carbonyl (C=O) groups is 3. The molecule has 0 radical (unpaired) electrons. The molecule has 2 aromatic carbocycles. The number of carbonyl (C=O) groups excluding carboxylic acids is 3. The van der Waals surface area contributed by atoms with Crippen LogP contribution >= 0.6 is 0 Å². The number of aryl methyl sites for hydroxylation is 1. The van der Waals surface area contributed by atoms with Crippen molar-refractivity contribution >= 4 is 40.1 Å². The Hall–Kier alpha value is -3.87. The maximum absolute atomic E-state index is 13.1. The molecule has 7 heteroatoms. The third kappa shape index (κ3) is 3.15. The minimum Gasteiger partial charge on any atom is -0.466 e. The topological polar surface area (TPSA) is 80.6 Å². The van der Waals surface area contributed by atoms with E-state index < -0.39 is 11.8 Å². The molecule has 1 aromatic heterocycles. The summed E-state index contributed by atoms with van der Waals surface area (Å²) in [6.45, 7) is 0.886. The summed E-state index contributed by atoms with van der Waals surface area (Å²) in [5.41, 5.74) is 4.61. The molecule has 1 N–H and O–H groups in total. The third-order valence-electron chi connectivity index (χ3n) is 6.81. The van der Waals surface area contributed by atoms with Gasteiger partial charge in [-0.2, -0.15) is 0 Å². The van der Waals surface area contributed by atoms with Gasteiger partial charge in [0.1, 0.15) is 11.4 Å². The quantitative estimate of drug-likeness (QED) is 0.428. The first-order valence-corrected chi connectivity index (χ1v) is 11.3. The lowest BCUT2D eigenvalue weighted by Crippen LogP contribution is -2.30. The van der Waals surface area contributed by atoms with Gasteiger partial charge >= 0.3 is 5.97 Å². The molecule has 0 fully saturated rings. The fourth-order valence-corrected chi connectivity index (χ4v) is 5.31. The van der Waals surface area contributed by atoms with E-state index in [-0.39, 0.29) is 11.9 Å². The standard InChI is InChI=1S/C26H23N3O4/c30-22-12-11-17-15-29(21-10-4-2-8-19(17)21)24-23(25(31)27-26(24)32)28-14-16(6-5-13-33-22)18-7-1-3-9-20(18)28/h1-4,7-10,14,17H,5-6,11-13,15H2,(H,27,31,32). The van der Waals surface area contributed by atoms with Gasteiger partial charge in [0, 0.05) is 36.2 Å². The van der Waals surface area contributed by atoms with Gasteiger partial charge in [-0.3, -0.25) is 19.7 Å². The number of benzene rings is 2. The molecule has 2 amide bonds. The third-order valence-corrected chi connectivity index (χ3v) is 6.81. The number of ether oxygens (including phenoxy) is 1. The van der Waals surface area contributed by atoms with Crippen molar-refractivity contribution in [3.8, 4) is 0 Å². The van der Waals surface area contributed by atoms with Crippen LogP contribution in [-0.2, 0) is 25.5 Å². The number of para-hydroxylation sites is 2. The van der Waals surface area contributed by atoms with E-state index >= 15 is 0 Å². The Morgan fingerprint density at radius 2 is 1.70 bits per heavy atom. The molecule has 33 heavy (non-hydrogen) atoms. The van der Waals surface area contributed by atoms with Crippen molar-refractivity contribution in [3.05, 3.63) is 71.6 Å². The van der Waals surface area contributed by atoms with Crippen molar-refractivity contribution in [3.63, 3.8) is 0 Å². The molecule has 1 unspecified atom stereocenters.